The van der Waals surface area contributed by atoms with Crippen LogP contribution in [0.3, 0.4) is 0 Å². The lowest BCUT2D eigenvalue weighted by Crippen LogP contribution is -2.17. The predicted molar refractivity (Wildman–Crippen MR) is 70.1 cm³/mol. The molecule has 1 aromatic carbocycles. The van der Waals surface area contributed by atoms with Crippen molar-refractivity contribution in [2.45, 2.75) is 25.9 Å². The van der Waals surface area contributed by atoms with Crippen molar-refractivity contribution >= 4 is 11.6 Å². The Kier molecular flexibility index (Phi) is 4.43. The molecule has 2 rings (SSSR count). The third kappa shape index (κ3) is 4.12. The summed E-state index contributed by atoms with van der Waals surface area (Å²) < 4.78 is 41.4. The molecule has 114 valence electrons. The smallest absolute Gasteiger partial charge is 0.406 e. The highest BCUT2D eigenvalue weighted by molar-refractivity contribution is 6.31. The summed E-state index contributed by atoms with van der Waals surface area (Å²) in [6.07, 6.45) is -4.19. The predicted octanol–water partition coefficient (Wildman–Crippen LogP) is 3.48. The number of benzene rings is 1. The molecule has 8 heteroatoms. The van der Waals surface area contributed by atoms with E-state index in [1.165, 1.54) is 23.0 Å². The van der Waals surface area contributed by atoms with Crippen molar-refractivity contribution in [1.82, 2.24) is 9.78 Å². The first-order valence-corrected chi connectivity index (χ1v) is 6.36. The second-order valence-corrected chi connectivity index (χ2v) is 4.80. The van der Waals surface area contributed by atoms with Gasteiger partial charge in [-0.15, -0.1) is 13.2 Å². The van der Waals surface area contributed by atoms with Gasteiger partial charge >= 0.3 is 6.36 Å². The number of ether oxygens (including phenoxy) is 1. The maximum absolute atomic E-state index is 12.0. The van der Waals surface area contributed by atoms with E-state index in [2.05, 4.69) is 9.84 Å². The SMILES string of the molecule is Cc1c(Cl)cnn1CC(O)c1ccc(OC(F)(F)F)cc1. The van der Waals surface area contributed by atoms with Gasteiger partial charge in [-0.25, -0.2) is 0 Å². The van der Waals surface area contributed by atoms with E-state index in [1.807, 2.05) is 0 Å². The summed E-state index contributed by atoms with van der Waals surface area (Å²) in [5.41, 5.74) is 1.16. The molecule has 1 heterocycles. The molecule has 0 aliphatic heterocycles. The molecule has 0 aliphatic carbocycles. The van der Waals surface area contributed by atoms with Gasteiger partial charge in [-0.05, 0) is 24.6 Å². The number of alkyl halides is 3. The van der Waals surface area contributed by atoms with E-state index in [9.17, 15) is 18.3 Å². The fourth-order valence-corrected chi connectivity index (χ4v) is 1.91. The Morgan fingerprint density at radius 3 is 2.43 bits per heavy atom. The molecule has 0 saturated heterocycles. The number of aliphatic hydroxyl groups excluding tert-OH is 1. The summed E-state index contributed by atoms with van der Waals surface area (Å²) in [5.74, 6) is -0.336. The van der Waals surface area contributed by atoms with Crippen LogP contribution < -0.4 is 4.74 Å². The zero-order valence-corrected chi connectivity index (χ0v) is 11.7. The largest absolute Gasteiger partial charge is 0.573 e. The molecule has 1 unspecified atom stereocenters. The second-order valence-electron chi connectivity index (χ2n) is 4.39. The first-order valence-electron chi connectivity index (χ1n) is 5.98. The fraction of sp³-hybridized carbons (Fsp3) is 0.308. The number of hydrogen-bond donors (Lipinski definition) is 1. The number of halogens is 4. The molecular formula is C13H12ClF3N2O2. The molecule has 0 bridgehead atoms. The van der Waals surface area contributed by atoms with E-state index in [4.69, 9.17) is 11.6 Å². The van der Waals surface area contributed by atoms with Crippen LogP contribution in [0, 0.1) is 6.92 Å². The Morgan fingerprint density at radius 2 is 1.95 bits per heavy atom. The number of nitrogens with zero attached hydrogens (tertiary/aromatic N) is 2. The van der Waals surface area contributed by atoms with Crippen molar-refractivity contribution < 1.29 is 23.0 Å². The lowest BCUT2D eigenvalue weighted by molar-refractivity contribution is -0.274. The molecule has 0 saturated carbocycles. The van der Waals surface area contributed by atoms with E-state index >= 15 is 0 Å². The maximum atomic E-state index is 12.0. The summed E-state index contributed by atoms with van der Waals surface area (Å²) in [6.45, 7) is 1.90. The van der Waals surface area contributed by atoms with Gasteiger partial charge in [0.15, 0.2) is 0 Å². The van der Waals surface area contributed by atoms with E-state index in [-0.39, 0.29) is 12.3 Å². The number of hydrogen-bond acceptors (Lipinski definition) is 3. The van der Waals surface area contributed by atoms with Crippen molar-refractivity contribution in [2.24, 2.45) is 0 Å². The molecule has 2 aromatic rings. The minimum atomic E-state index is -4.73. The quantitative estimate of drug-likeness (QED) is 0.938. The number of aromatic nitrogens is 2. The number of aliphatic hydroxyl groups is 1. The van der Waals surface area contributed by atoms with Crippen molar-refractivity contribution in [3.8, 4) is 5.75 Å². The highest BCUT2D eigenvalue weighted by Gasteiger charge is 2.31. The summed E-state index contributed by atoms with van der Waals surface area (Å²) in [6, 6.07) is 5.03. The van der Waals surface area contributed by atoms with Gasteiger partial charge in [0.25, 0.3) is 0 Å². The molecule has 21 heavy (non-hydrogen) atoms. The standard InChI is InChI=1S/C13H12ClF3N2O2/c1-8-11(14)6-18-19(8)7-12(20)9-2-4-10(5-3-9)21-13(15,16)17/h2-6,12,20H,7H2,1H3. The fourth-order valence-electron chi connectivity index (χ4n) is 1.77. The summed E-state index contributed by atoms with van der Waals surface area (Å²) in [4.78, 5) is 0. The van der Waals surface area contributed by atoms with Crippen molar-refractivity contribution in [2.75, 3.05) is 0 Å². The van der Waals surface area contributed by atoms with Gasteiger partial charge in [-0.1, -0.05) is 23.7 Å². The first kappa shape index (κ1) is 15.7. The zero-order chi connectivity index (χ0) is 15.6. The van der Waals surface area contributed by atoms with Crippen LogP contribution in [0.15, 0.2) is 30.5 Å². The van der Waals surface area contributed by atoms with Gasteiger partial charge in [0.2, 0.25) is 0 Å². The van der Waals surface area contributed by atoms with Crippen molar-refractivity contribution in [3.63, 3.8) is 0 Å². The lowest BCUT2D eigenvalue weighted by atomic mass is 10.1. The second kappa shape index (κ2) is 5.95. The maximum Gasteiger partial charge on any atom is 0.573 e. The van der Waals surface area contributed by atoms with Crippen LogP contribution in [0.4, 0.5) is 13.2 Å². The Labute approximate surface area is 123 Å². The third-order valence-electron chi connectivity index (χ3n) is 2.89. The van der Waals surface area contributed by atoms with E-state index < -0.39 is 12.5 Å². The molecule has 0 fully saturated rings. The molecule has 0 aliphatic rings. The van der Waals surface area contributed by atoms with Gasteiger partial charge in [0.1, 0.15) is 5.75 Å². The lowest BCUT2D eigenvalue weighted by Gasteiger charge is -2.14. The van der Waals surface area contributed by atoms with E-state index in [0.29, 0.717) is 16.3 Å². The molecule has 0 radical (unpaired) electrons. The van der Waals surface area contributed by atoms with Crippen molar-refractivity contribution in [1.29, 1.82) is 0 Å². The topological polar surface area (TPSA) is 47.3 Å². The summed E-state index contributed by atoms with van der Waals surface area (Å²) in [5, 5.41) is 14.5. The molecular weight excluding hydrogens is 309 g/mol. The molecule has 1 N–H and O–H groups in total. The summed E-state index contributed by atoms with van der Waals surface area (Å²) >= 11 is 5.85. The summed E-state index contributed by atoms with van der Waals surface area (Å²) in [7, 11) is 0. The van der Waals surface area contributed by atoms with Crippen LogP contribution >= 0.6 is 11.6 Å². The Balaban J connectivity index is 2.06. The van der Waals surface area contributed by atoms with Crippen LogP contribution in [0.25, 0.3) is 0 Å². The molecule has 4 nitrogen and oxygen atoms in total. The van der Waals surface area contributed by atoms with Gasteiger partial charge in [0.05, 0.1) is 29.6 Å². The molecule has 1 atom stereocenters. The molecule has 0 spiro atoms. The van der Waals surface area contributed by atoms with E-state index in [0.717, 1.165) is 12.1 Å². The van der Waals surface area contributed by atoms with Crippen LogP contribution in [0.2, 0.25) is 5.02 Å². The van der Waals surface area contributed by atoms with Crippen LogP contribution in [-0.4, -0.2) is 21.2 Å². The van der Waals surface area contributed by atoms with E-state index in [1.54, 1.807) is 6.92 Å². The average Bonchev–Trinajstić information content (AvgIpc) is 2.69. The highest BCUT2D eigenvalue weighted by Crippen LogP contribution is 2.25. The van der Waals surface area contributed by atoms with Crippen LogP contribution in [-0.2, 0) is 6.54 Å². The Morgan fingerprint density at radius 1 is 1.33 bits per heavy atom. The molecule has 0 amide bonds. The minimum absolute atomic E-state index is 0.151. The minimum Gasteiger partial charge on any atom is -0.406 e. The highest BCUT2D eigenvalue weighted by atomic mass is 35.5. The Bertz CT molecular complexity index is 611. The molecule has 1 aromatic heterocycles. The van der Waals surface area contributed by atoms with Crippen LogP contribution in [0.5, 0.6) is 5.75 Å². The Hall–Kier alpha value is -1.73. The average molecular weight is 321 g/mol. The normalized spacial score (nSPS) is 13.2. The van der Waals surface area contributed by atoms with Gasteiger partial charge in [-0.2, -0.15) is 5.10 Å². The monoisotopic (exact) mass is 320 g/mol. The van der Waals surface area contributed by atoms with Crippen molar-refractivity contribution in [3.05, 3.63) is 46.7 Å². The number of rotatable bonds is 4. The van der Waals surface area contributed by atoms with Gasteiger partial charge in [0, 0.05) is 0 Å². The van der Waals surface area contributed by atoms with Crippen LogP contribution in [0.1, 0.15) is 17.4 Å². The first-order chi connectivity index (χ1) is 9.76. The third-order valence-corrected chi connectivity index (χ3v) is 3.26. The van der Waals surface area contributed by atoms with Gasteiger partial charge < -0.3 is 9.84 Å². The zero-order valence-electron chi connectivity index (χ0n) is 10.9. The van der Waals surface area contributed by atoms with Gasteiger partial charge in [-0.3, -0.25) is 4.68 Å².